The van der Waals surface area contributed by atoms with Crippen LogP contribution in [0.15, 0.2) is 36.4 Å². The lowest BCUT2D eigenvalue weighted by Crippen LogP contribution is -2.30. The average molecular weight is 399 g/mol. The number of nitrogens with zero attached hydrogens (tertiary/aromatic N) is 1. The zero-order valence-electron chi connectivity index (χ0n) is 16.9. The predicted molar refractivity (Wildman–Crippen MR) is 115 cm³/mol. The first-order chi connectivity index (χ1) is 13.4. The molecule has 1 aromatic heterocycles. The minimum absolute atomic E-state index is 0.222. The Hall–Kier alpha value is -2.60. The van der Waals surface area contributed by atoms with E-state index in [0.717, 1.165) is 32.8 Å². The molecule has 1 heterocycles. The molecule has 0 saturated carbocycles. The standard InChI is InChI=1S/C22H26N2O3S/c1-6-26-16-8-10-18-20(12-16)28-22(23-18)24-21(25)15(5)27-19-11-14(4)7-9-17(19)13(2)3/h7-13,15H,6H2,1-5H3,(H,23,24,25). The van der Waals surface area contributed by atoms with E-state index in [0.29, 0.717) is 17.7 Å². The number of anilines is 1. The Morgan fingerprint density at radius 3 is 2.68 bits per heavy atom. The molecule has 28 heavy (non-hydrogen) atoms. The van der Waals surface area contributed by atoms with E-state index in [-0.39, 0.29) is 5.91 Å². The van der Waals surface area contributed by atoms with E-state index in [1.807, 2.05) is 38.1 Å². The highest BCUT2D eigenvalue weighted by Crippen LogP contribution is 2.30. The fourth-order valence-corrected chi connectivity index (χ4v) is 3.78. The van der Waals surface area contributed by atoms with E-state index in [1.165, 1.54) is 11.3 Å². The summed E-state index contributed by atoms with van der Waals surface area (Å²) in [6, 6.07) is 11.8. The van der Waals surface area contributed by atoms with Crippen molar-refractivity contribution in [3.05, 3.63) is 47.5 Å². The second-order valence-corrected chi connectivity index (χ2v) is 8.06. The molecule has 6 heteroatoms. The van der Waals surface area contributed by atoms with E-state index in [2.05, 4.69) is 36.3 Å². The van der Waals surface area contributed by atoms with Gasteiger partial charge in [0, 0.05) is 0 Å². The maximum atomic E-state index is 12.6. The van der Waals surface area contributed by atoms with Crippen molar-refractivity contribution < 1.29 is 14.3 Å². The Bertz CT molecular complexity index is 981. The molecule has 0 aliphatic heterocycles. The molecule has 2 aromatic carbocycles. The van der Waals surface area contributed by atoms with Crippen molar-refractivity contribution in [1.82, 2.24) is 4.98 Å². The first-order valence-electron chi connectivity index (χ1n) is 9.48. The van der Waals surface area contributed by atoms with Gasteiger partial charge in [0.25, 0.3) is 5.91 Å². The summed E-state index contributed by atoms with van der Waals surface area (Å²) in [5, 5.41) is 3.42. The molecule has 0 saturated heterocycles. The number of fused-ring (bicyclic) bond motifs is 1. The molecule has 3 aromatic rings. The lowest BCUT2D eigenvalue weighted by molar-refractivity contribution is -0.122. The molecule has 0 bridgehead atoms. The van der Waals surface area contributed by atoms with Gasteiger partial charge in [-0.25, -0.2) is 4.98 Å². The van der Waals surface area contributed by atoms with Crippen LogP contribution in [0.2, 0.25) is 0 Å². The molecule has 148 valence electrons. The summed E-state index contributed by atoms with van der Waals surface area (Å²) in [7, 11) is 0. The summed E-state index contributed by atoms with van der Waals surface area (Å²) in [5.74, 6) is 1.65. The number of amides is 1. The van der Waals surface area contributed by atoms with E-state index in [9.17, 15) is 4.79 Å². The third-order valence-corrected chi connectivity index (χ3v) is 5.30. The number of hydrogen-bond donors (Lipinski definition) is 1. The summed E-state index contributed by atoms with van der Waals surface area (Å²) in [6.45, 7) is 10.5. The van der Waals surface area contributed by atoms with Gasteiger partial charge in [-0.3, -0.25) is 10.1 Å². The van der Waals surface area contributed by atoms with Gasteiger partial charge in [-0.2, -0.15) is 0 Å². The van der Waals surface area contributed by atoms with Gasteiger partial charge in [0.2, 0.25) is 0 Å². The van der Waals surface area contributed by atoms with Crippen LogP contribution in [0.1, 0.15) is 44.7 Å². The molecular formula is C22H26N2O3S. The minimum atomic E-state index is -0.634. The van der Waals surface area contributed by atoms with Crippen LogP contribution in [-0.2, 0) is 4.79 Å². The monoisotopic (exact) mass is 398 g/mol. The molecule has 0 aliphatic carbocycles. The maximum Gasteiger partial charge on any atom is 0.266 e. The summed E-state index contributed by atoms with van der Waals surface area (Å²) >= 11 is 1.42. The molecule has 1 N–H and O–H groups in total. The summed E-state index contributed by atoms with van der Waals surface area (Å²) < 4.78 is 12.5. The molecule has 1 amide bonds. The summed E-state index contributed by atoms with van der Waals surface area (Å²) in [5.41, 5.74) is 3.02. The Balaban J connectivity index is 1.72. The fourth-order valence-electron chi connectivity index (χ4n) is 2.89. The third kappa shape index (κ3) is 4.62. The van der Waals surface area contributed by atoms with Crippen LogP contribution in [0.3, 0.4) is 0 Å². The van der Waals surface area contributed by atoms with Crippen molar-refractivity contribution in [2.24, 2.45) is 0 Å². The molecule has 0 spiro atoms. The van der Waals surface area contributed by atoms with Crippen molar-refractivity contribution in [1.29, 1.82) is 0 Å². The van der Waals surface area contributed by atoms with Crippen molar-refractivity contribution in [3.63, 3.8) is 0 Å². The molecular weight excluding hydrogens is 372 g/mol. The minimum Gasteiger partial charge on any atom is -0.494 e. The fraction of sp³-hybridized carbons (Fsp3) is 0.364. The Labute approximate surface area is 169 Å². The van der Waals surface area contributed by atoms with Crippen LogP contribution in [0, 0.1) is 6.92 Å². The van der Waals surface area contributed by atoms with Crippen LogP contribution in [0.4, 0.5) is 5.13 Å². The molecule has 1 unspecified atom stereocenters. The van der Waals surface area contributed by atoms with Gasteiger partial charge in [-0.15, -0.1) is 0 Å². The number of aryl methyl sites for hydroxylation is 1. The van der Waals surface area contributed by atoms with Crippen LogP contribution < -0.4 is 14.8 Å². The number of thiazole rings is 1. The van der Waals surface area contributed by atoms with E-state index >= 15 is 0 Å². The smallest absolute Gasteiger partial charge is 0.266 e. The number of aromatic nitrogens is 1. The van der Waals surface area contributed by atoms with Crippen LogP contribution in [0.25, 0.3) is 10.2 Å². The Kier molecular flexibility index (Phi) is 6.19. The highest BCUT2D eigenvalue weighted by atomic mass is 32.1. The molecule has 5 nitrogen and oxygen atoms in total. The quantitative estimate of drug-likeness (QED) is 0.568. The molecule has 0 radical (unpaired) electrons. The van der Waals surface area contributed by atoms with Gasteiger partial charge in [-0.05, 0) is 62.1 Å². The first kappa shape index (κ1) is 20.1. The first-order valence-corrected chi connectivity index (χ1v) is 10.3. The lowest BCUT2D eigenvalue weighted by Gasteiger charge is -2.19. The van der Waals surface area contributed by atoms with E-state index < -0.39 is 6.10 Å². The number of nitrogens with one attached hydrogen (secondary N) is 1. The van der Waals surface area contributed by atoms with Gasteiger partial charge in [0.05, 0.1) is 16.8 Å². The largest absolute Gasteiger partial charge is 0.494 e. The Morgan fingerprint density at radius 1 is 1.18 bits per heavy atom. The molecule has 0 fully saturated rings. The van der Waals surface area contributed by atoms with Gasteiger partial charge in [-0.1, -0.05) is 37.3 Å². The van der Waals surface area contributed by atoms with Crippen molar-refractivity contribution in [2.75, 3.05) is 11.9 Å². The van der Waals surface area contributed by atoms with Crippen LogP contribution in [-0.4, -0.2) is 23.6 Å². The number of hydrogen-bond acceptors (Lipinski definition) is 5. The normalized spacial score (nSPS) is 12.2. The predicted octanol–water partition coefficient (Wildman–Crippen LogP) is 5.53. The maximum absolute atomic E-state index is 12.6. The van der Waals surface area contributed by atoms with Gasteiger partial charge < -0.3 is 9.47 Å². The average Bonchev–Trinajstić information content (AvgIpc) is 3.03. The van der Waals surface area contributed by atoms with E-state index in [1.54, 1.807) is 6.92 Å². The number of benzene rings is 2. The lowest BCUT2D eigenvalue weighted by atomic mass is 10.0. The number of rotatable bonds is 7. The van der Waals surface area contributed by atoms with Crippen molar-refractivity contribution >= 4 is 32.6 Å². The van der Waals surface area contributed by atoms with E-state index in [4.69, 9.17) is 9.47 Å². The van der Waals surface area contributed by atoms with Gasteiger partial charge >= 0.3 is 0 Å². The van der Waals surface area contributed by atoms with Gasteiger partial charge in [0.1, 0.15) is 11.5 Å². The zero-order valence-corrected chi connectivity index (χ0v) is 17.7. The molecule has 1 atom stereocenters. The van der Waals surface area contributed by atoms with Crippen LogP contribution in [0.5, 0.6) is 11.5 Å². The Morgan fingerprint density at radius 2 is 1.96 bits per heavy atom. The molecule has 3 rings (SSSR count). The third-order valence-electron chi connectivity index (χ3n) is 4.37. The number of carbonyl (C=O) groups is 1. The van der Waals surface area contributed by atoms with Crippen molar-refractivity contribution in [2.45, 2.75) is 46.6 Å². The zero-order chi connectivity index (χ0) is 20.3. The highest BCUT2D eigenvalue weighted by molar-refractivity contribution is 7.22. The van der Waals surface area contributed by atoms with Crippen molar-refractivity contribution in [3.8, 4) is 11.5 Å². The van der Waals surface area contributed by atoms with Crippen LogP contribution >= 0.6 is 11.3 Å². The summed E-state index contributed by atoms with van der Waals surface area (Å²) in [4.78, 5) is 17.1. The van der Waals surface area contributed by atoms with Gasteiger partial charge in [0.15, 0.2) is 11.2 Å². The summed E-state index contributed by atoms with van der Waals surface area (Å²) in [6.07, 6.45) is -0.634. The second-order valence-electron chi connectivity index (χ2n) is 7.03. The number of carbonyl (C=O) groups excluding carboxylic acids is 1. The highest BCUT2D eigenvalue weighted by Gasteiger charge is 2.19. The number of ether oxygens (including phenoxy) is 2. The second kappa shape index (κ2) is 8.61. The topological polar surface area (TPSA) is 60.5 Å². The molecule has 0 aliphatic rings. The SMILES string of the molecule is CCOc1ccc2nc(NC(=O)C(C)Oc3cc(C)ccc3C(C)C)sc2c1.